The van der Waals surface area contributed by atoms with Gasteiger partial charge in [-0.25, -0.2) is 0 Å². The van der Waals surface area contributed by atoms with Gasteiger partial charge in [0, 0.05) is 11.6 Å². The Bertz CT molecular complexity index is 439. The number of benzene rings is 1. The van der Waals surface area contributed by atoms with Crippen molar-refractivity contribution in [3.05, 3.63) is 28.2 Å². The van der Waals surface area contributed by atoms with Gasteiger partial charge in [-0.15, -0.1) is 0 Å². The first-order valence-electron chi connectivity index (χ1n) is 4.26. The Balaban J connectivity index is 3.12. The lowest BCUT2D eigenvalue weighted by Gasteiger charge is -2.11. The molecule has 0 aliphatic heterocycles. The quantitative estimate of drug-likeness (QED) is 0.877. The summed E-state index contributed by atoms with van der Waals surface area (Å²) in [4.78, 5) is 11.0. The molecule has 3 N–H and O–H groups in total. The lowest BCUT2D eigenvalue weighted by molar-refractivity contribution is -0.136. The summed E-state index contributed by atoms with van der Waals surface area (Å²) in [6.45, 7) is -0.231. The minimum atomic E-state index is -1.81. The van der Waals surface area contributed by atoms with Gasteiger partial charge in [0.25, 0.3) is 0 Å². The third kappa shape index (κ3) is 2.95. The zero-order chi connectivity index (χ0) is 12.3. The summed E-state index contributed by atoms with van der Waals surface area (Å²) in [6, 6.07) is 4.38. The summed E-state index contributed by atoms with van der Waals surface area (Å²) in [5.41, 5.74) is 5.25. The minimum Gasteiger partial charge on any atom is -0.480 e. The van der Waals surface area contributed by atoms with E-state index in [9.17, 15) is 9.00 Å². The van der Waals surface area contributed by atoms with Gasteiger partial charge in [-0.1, -0.05) is 23.2 Å². The molecule has 16 heavy (non-hydrogen) atoms. The fourth-order valence-corrected chi connectivity index (χ4v) is 2.81. The van der Waals surface area contributed by atoms with Gasteiger partial charge in [0.2, 0.25) is 0 Å². The van der Waals surface area contributed by atoms with Crippen molar-refractivity contribution >= 4 is 40.0 Å². The summed E-state index contributed by atoms with van der Waals surface area (Å²) in [6.07, 6.45) is 0. The first-order chi connectivity index (χ1) is 7.47. The maximum Gasteiger partial charge on any atom is 0.320 e. The second-order valence-corrected chi connectivity index (χ2v) is 5.38. The number of hydrogen-bond donors (Lipinski definition) is 2. The number of carbonyl (C=O) groups is 1. The van der Waals surface area contributed by atoms with Crippen molar-refractivity contribution in [2.45, 2.75) is 10.1 Å². The maximum absolute atomic E-state index is 11.9. The zero-order valence-electron chi connectivity index (χ0n) is 8.02. The van der Waals surface area contributed by atoms with Gasteiger partial charge < -0.3 is 10.8 Å². The molecule has 1 aromatic carbocycles. The van der Waals surface area contributed by atoms with Gasteiger partial charge >= 0.3 is 5.97 Å². The fourth-order valence-electron chi connectivity index (χ4n) is 1.06. The largest absolute Gasteiger partial charge is 0.480 e. The van der Waals surface area contributed by atoms with Crippen molar-refractivity contribution in [1.82, 2.24) is 0 Å². The highest BCUT2D eigenvalue weighted by atomic mass is 35.5. The molecule has 0 heterocycles. The van der Waals surface area contributed by atoms with Crippen LogP contribution in [0, 0.1) is 0 Å². The molecule has 0 spiro atoms. The van der Waals surface area contributed by atoms with E-state index in [4.69, 9.17) is 34.0 Å². The van der Waals surface area contributed by atoms with Crippen molar-refractivity contribution in [3.63, 3.8) is 0 Å². The average Bonchev–Trinajstić information content (AvgIpc) is 2.22. The molecule has 0 fully saturated rings. The molecule has 0 bridgehead atoms. The van der Waals surface area contributed by atoms with Gasteiger partial charge in [0.1, 0.15) is 5.25 Å². The van der Waals surface area contributed by atoms with Crippen molar-refractivity contribution in [1.29, 1.82) is 0 Å². The van der Waals surface area contributed by atoms with Crippen LogP contribution >= 0.6 is 23.2 Å². The Morgan fingerprint density at radius 2 is 2.12 bits per heavy atom. The van der Waals surface area contributed by atoms with Crippen molar-refractivity contribution in [2.24, 2.45) is 5.73 Å². The van der Waals surface area contributed by atoms with E-state index in [2.05, 4.69) is 0 Å². The number of hydrogen-bond acceptors (Lipinski definition) is 3. The number of aliphatic carboxylic acids is 1. The number of nitrogens with two attached hydrogens (primary N) is 1. The molecular formula is C9H9Cl2NO3S. The Morgan fingerprint density at radius 1 is 1.50 bits per heavy atom. The van der Waals surface area contributed by atoms with Crippen LogP contribution in [0.1, 0.15) is 0 Å². The van der Waals surface area contributed by atoms with Gasteiger partial charge in [-0.3, -0.25) is 9.00 Å². The third-order valence-corrected chi connectivity index (χ3v) is 4.22. The molecule has 1 rings (SSSR count). The first-order valence-corrected chi connectivity index (χ1v) is 6.22. The molecule has 0 saturated heterocycles. The van der Waals surface area contributed by atoms with E-state index in [-0.39, 0.29) is 16.5 Å². The lowest BCUT2D eigenvalue weighted by atomic mass is 10.4. The van der Waals surface area contributed by atoms with E-state index in [1.165, 1.54) is 18.2 Å². The fraction of sp³-hybridized carbons (Fsp3) is 0.222. The average molecular weight is 282 g/mol. The van der Waals surface area contributed by atoms with E-state index in [1.54, 1.807) is 0 Å². The van der Waals surface area contributed by atoms with E-state index in [0.717, 1.165) is 0 Å². The molecule has 0 saturated carbocycles. The number of rotatable bonds is 4. The molecule has 7 heteroatoms. The van der Waals surface area contributed by atoms with Crippen LogP contribution in [0.5, 0.6) is 0 Å². The van der Waals surface area contributed by atoms with Gasteiger partial charge in [0.05, 0.1) is 20.7 Å². The summed E-state index contributed by atoms with van der Waals surface area (Å²) in [5, 5.41) is 8.18. The van der Waals surface area contributed by atoms with Crippen LogP contribution in [0.15, 0.2) is 23.1 Å². The van der Waals surface area contributed by atoms with Gasteiger partial charge in [-0.05, 0) is 18.2 Å². The molecule has 1 aromatic rings. The molecule has 0 amide bonds. The highest BCUT2D eigenvalue weighted by Gasteiger charge is 2.26. The Labute approximate surface area is 105 Å². The van der Waals surface area contributed by atoms with Crippen LogP contribution in [0.4, 0.5) is 0 Å². The zero-order valence-corrected chi connectivity index (χ0v) is 10.4. The molecule has 4 nitrogen and oxygen atoms in total. The molecule has 0 aromatic heterocycles. The predicted molar refractivity (Wildman–Crippen MR) is 63.3 cm³/mol. The molecule has 0 aliphatic carbocycles. The molecule has 88 valence electrons. The van der Waals surface area contributed by atoms with Crippen LogP contribution < -0.4 is 5.73 Å². The number of halogens is 2. The van der Waals surface area contributed by atoms with Crippen LogP contribution in [0.2, 0.25) is 10.0 Å². The van der Waals surface area contributed by atoms with Gasteiger partial charge in [-0.2, -0.15) is 0 Å². The monoisotopic (exact) mass is 281 g/mol. The van der Waals surface area contributed by atoms with E-state index in [0.29, 0.717) is 5.02 Å². The summed E-state index contributed by atoms with van der Waals surface area (Å²) < 4.78 is 11.9. The second-order valence-electron chi connectivity index (χ2n) is 2.93. The van der Waals surface area contributed by atoms with E-state index >= 15 is 0 Å². The van der Waals surface area contributed by atoms with Crippen LogP contribution in [-0.2, 0) is 15.6 Å². The highest BCUT2D eigenvalue weighted by molar-refractivity contribution is 7.86. The van der Waals surface area contributed by atoms with E-state index in [1.807, 2.05) is 0 Å². The summed E-state index contributed by atoms with van der Waals surface area (Å²) >= 11 is 11.5. The minimum absolute atomic E-state index is 0.187. The SMILES string of the molecule is NCC(C(=O)O)S(=O)c1cc(Cl)ccc1Cl. The highest BCUT2D eigenvalue weighted by Crippen LogP contribution is 2.25. The van der Waals surface area contributed by atoms with Crippen LogP contribution in [-0.4, -0.2) is 27.1 Å². The van der Waals surface area contributed by atoms with Crippen molar-refractivity contribution < 1.29 is 14.1 Å². The molecule has 2 atom stereocenters. The normalized spacial score (nSPS) is 14.4. The molecule has 0 aliphatic rings. The Kier molecular flexibility index (Phi) is 4.73. The lowest BCUT2D eigenvalue weighted by Crippen LogP contribution is -2.33. The molecular weight excluding hydrogens is 273 g/mol. The predicted octanol–water partition coefficient (Wildman–Crippen LogP) is 1.51. The van der Waals surface area contributed by atoms with Crippen LogP contribution in [0.3, 0.4) is 0 Å². The topological polar surface area (TPSA) is 80.4 Å². The van der Waals surface area contributed by atoms with Crippen molar-refractivity contribution in [2.75, 3.05) is 6.54 Å². The van der Waals surface area contributed by atoms with Crippen LogP contribution in [0.25, 0.3) is 0 Å². The molecule has 2 unspecified atom stereocenters. The maximum atomic E-state index is 11.9. The Hall–Kier alpha value is -0.620. The first kappa shape index (κ1) is 13.4. The van der Waals surface area contributed by atoms with E-state index < -0.39 is 22.0 Å². The van der Waals surface area contributed by atoms with Crippen molar-refractivity contribution in [3.8, 4) is 0 Å². The third-order valence-electron chi connectivity index (χ3n) is 1.86. The summed E-state index contributed by atoms with van der Waals surface area (Å²) in [5.74, 6) is -1.23. The number of carboxylic acids is 1. The number of carboxylic acid groups (broad SMARTS) is 1. The molecule has 0 radical (unpaired) electrons. The smallest absolute Gasteiger partial charge is 0.320 e. The standard InChI is InChI=1S/C9H9Cl2NO3S/c10-5-1-2-6(11)7(3-5)16(15)8(4-12)9(13)14/h1-3,8H,4,12H2,(H,13,14). The summed E-state index contributed by atoms with van der Waals surface area (Å²) in [7, 11) is -1.81. The second kappa shape index (κ2) is 5.63. The van der Waals surface area contributed by atoms with Gasteiger partial charge in [0.15, 0.2) is 0 Å². The Morgan fingerprint density at radius 3 is 2.62 bits per heavy atom.